The number of pyridine rings is 1. The molecule has 0 atom stereocenters. The molecular formula is C22H25FN4O. The molecule has 1 aromatic carbocycles. The van der Waals surface area contributed by atoms with Crippen LogP contribution in [-0.2, 0) is 4.79 Å². The van der Waals surface area contributed by atoms with Crippen molar-refractivity contribution in [3.63, 3.8) is 0 Å². The van der Waals surface area contributed by atoms with Gasteiger partial charge in [0.25, 0.3) is 0 Å². The van der Waals surface area contributed by atoms with E-state index < -0.39 is 0 Å². The Morgan fingerprint density at radius 3 is 2.57 bits per heavy atom. The number of amides is 1. The van der Waals surface area contributed by atoms with Crippen molar-refractivity contribution in [2.45, 2.75) is 32.6 Å². The summed E-state index contributed by atoms with van der Waals surface area (Å²) in [6.45, 7) is 5.35. The van der Waals surface area contributed by atoms with Crippen LogP contribution in [0.4, 0.5) is 10.1 Å². The molecule has 6 heteroatoms. The van der Waals surface area contributed by atoms with Gasteiger partial charge in [0.2, 0.25) is 5.91 Å². The highest BCUT2D eigenvalue weighted by Crippen LogP contribution is 2.33. The van der Waals surface area contributed by atoms with Gasteiger partial charge in [-0.15, -0.1) is 0 Å². The van der Waals surface area contributed by atoms with Crippen LogP contribution in [0.15, 0.2) is 24.4 Å². The van der Waals surface area contributed by atoms with Crippen LogP contribution in [0.3, 0.4) is 0 Å². The van der Waals surface area contributed by atoms with Crippen molar-refractivity contribution >= 4 is 22.5 Å². The quantitative estimate of drug-likeness (QED) is 0.797. The second kappa shape index (κ2) is 7.75. The molecule has 0 radical (unpaired) electrons. The molecule has 28 heavy (non-hydrogen) atoms. The molecule has 3 heterocycles. The van der Waals surface area contributed by atoms with E-state index in [2.05, 4.69) is 22.9 Å². The zero-order valence-electron chi connectivity index (χ0n) is 16.2. The minimum absolute atomic E-state index is 0.0417. The van der Waals surface area contributed by atoms with Gasteiger partial charge in [-0.25, -0.2) is 4.39 Å². The maximum atomic E-state index is 13.8. The van der Waals surface area contributed by atoms with Crippen LogP contribution in [0, 0.1) is 29.0 Å². The number of nitriles is 1. The van der Waals surface area contributed by atoms with E-state index in [0.29, 0.717) is 35.5 Å². The lowest BCUT2D eigenvalue weighted by Crippen LogP contribution is -2.45. The van der Waals surface area contributed by atoms with Crippen LogP contribution in [0.5, 0.6) is 0 Å². The first-order valence-corrected chi connectivity index (χ1v) is 10.1. The Kier molecular flexibility index (Phi) is 5.17. The number of benzene rings is 1. The van der Waals surface area contributed by atoms with Crippen LogP contribution >= 0.6 is 0 Å². The van der Waals surface area contributed by atoms with E-state index in [0.717, 1.165) is 44.5 Å². The largest absolute Gasteiger partial charge is 0.370 e. The first-order chi connectivity index (χ1) is 13.6. The Hall–Kier alpha value is -2.68. The standard InChI is InChI=1S/C22H25FN4O/c1-15-4-8-27(9-5-15)22(28)16-6-10-26(11-7-16)21-17(13-24)14-25-20-3-2-18(23)12-19(20)21/h2-3,12,14-16H,4-11H2,1H3. The number of carbonyl (C=O) groups is 1. The summed E-state index contributed by atoms with van der Waals surface area (Å²) in [6, 6.07) is 6.67. The van der Waals surface area contributed by atoms with Gasteiger partial charge in [0.15, 0.2) is 0 Å². The maximum Gasteiger partial charge on any atom is 0.225 e. The Morgan fingerprint density at radius 1 is 1.18 bits per heavy atom. The van der Waals surface area contributed by atoms with E-state index >= 15 is 0 Å². The molecule has 0 N–H and O–H groups in total. The lowest BCUT2D eigenvalue weighted by molar-refractivity contribution is -0.137. The van der Waals surface area contributed by atoms with Gasteiger partial charge in [0.05, 0.1) is 16.8 Å². The van der Waals surface area contributed by atoms with E-state index in [9.17, 15) is 14.4 Å². The summed E-state index contributed by atoms with van der Waals surface area (Å²) in [4.78, 5) is 21.3. The summed E-state index contributed by atoms with van der Waals surface area (Å²) in [5, 5.41) is 10.2. The number of rotatable bonds is 2. The highest BCUT2D eigenvalue weighted by molar-refractivity contribution is 5.94. The summed E-state index contributed by atoms with van der Waals surface area (Å²) in [6.07, 6.45) is 5.25. The third kappa shape index (κ3) is 3.54. The molecule has 0 spiro atoms. The number of aromatic nitrogens is 1. The third-order valence-corrected chi connectivity index (χ3v) is 6.18. The van der Waals surface area contributed by atoms with Gasteiger partial charge < -0.3 is 9.80 Å². The van der Waals surface area contributed by atoms with Crippen LogP contribution < -0.4 is 4.90 Å². The lowest BCUT2D eigenvalue weighted by Gasteiger charge is -2.38. The van der Waals surface area contributed by atoms with Crippen molar-refractivity contribution in [2.75, 3.05) is 31.1 Å². The maximum absolute atomic E-state index is 13.8. The molecule has 1 amide bonds. The van der Waals surface area contributed by atoms with Gasteiger partial charge in [-0.05, 0) is 49.8 Å². The van der Waals surface area contributed by atoms with Crippen molar-refractivity contribution in [1.82, 2.24) is 9.88 Å². The van der Waals surface area contributed by atoms with E-state index in [1.807, 2.05) is 4.90 Å². The average Bonchev–Trinajstić information content (AvgIpc) is 2.73. The highest BCUT2D eigenvalue weighted by Gasteiger charge is 2.31. The van der Waals surface area contributed by atoms with Crippen molar-refractivity contribution in [3.8, 4) is 6.07 Å². The summed E-state index contributed by atoms with van der Waals surface area (Å²) in [5.41, 5.74) is 1.87. The van der Waals surface area contributed by atoms with Crippen LogP contribution in [0.1, 0.15) is 38.2 Å². The van der Waals surface area contributed by atoms with Gasteiger partial charge in [0.1, 0.15) is 11.9 Å². The van der Waals surface area contributed by atoms with Gasteiger partial charge in [0, 0.05) is 43.7 Å². The Morgan fingerprint density at radius 2 is 1.89 bits per heavy atom. The van der Waals surface area contributed by atoms with E-state index in [1.54, 1.807) is 12.3 Å². The second-order valence-corrected chi connectivity index (χ2v) is 8.06. The van der Waals surface area contributed by atoms with Crippen LogP contribution in [-0.4, -0.2) is 42.0 Å². The fraction of sp³-hybridized carbons (Fsp3) is 0.500. The minimum Gasteiger partial charge on any atom is -0.370 e. The van der Waals surface area contributed by atoms with E-state index in [1.165, 1.54) is 12.1 Å². The number of halogens is 1. The molecule has 1 aromatic heterocycles. The normalized spacial score (nSPS) is 19.0. The molecule has 2 saturated heterocycles. The number of anilines is 1. The molecule has 146 valence electrons. The van der Waals surface area contributed by atoms with Gasteiger partial charge >= 0.3 is 0 Å². The summed E-state index contributed by atoms with van der Waals surface area (Å²) >= 11 is 0. The fourth-order valence-electron chi connectivity index (χ4n) is 4.41. The number of likely N-dealkylation sites (tertiary alicyclic amines) is 1. The third-order valence-electron chi connectivity index (χ3n) is 6.18. The second-order valence-electron chi connectivity index (χ2n) is 8.06. The number of fused-ring (bicyclic) bond motifs is 1. The zero-order chi connectivity index (χ0) is 19.7. The number of piperidine rings is 2. The SMILES string of the molecule is CC1CCN(C(=O)C2CCN(c3c(C#N)cnc4ccc(F)cc34)CC2)CC1. The molecule has 0 saturated carbocycles. The van der Waals surface area contributed by atoms with Crippen molar-refractivity contribution in [2.24, 2.45) is 11.8 Å². The van der Waals surface area contributed by atoms with Crippen molar-refractivity contribution in [3.05, 3.63) is 35.8 Å². The fourth-order valence-corrected chi connectivity index (χ4v) is 4.41. The Labute approximate surface area is 164 Å². The molecule has 5 nitrogen and oxygen atoms in total. The molecular weight excluding hydrogens is 355 g/mol. The Bertz CT molecular complexity index is 922. The molecule has 0 bridgehead atoms. The topological polar surface area (TPSA) is 60.2 Å². The zero-order valence-corrected chi connectivity index (χ0v) is 16.2. The van der Waals surface area contributed by atoms with Crippen LogP contribution in [0.2, 0.25) is 0 Å². The van der Waals surface area contributed by atoms with Gasteiger partial charge in [-0.2, -0.15) is 5.26 Å². The predicted octanol–water partition coefficient (Wildman–Crippen LogP) is 3.72. The lowest BCUT2D eigenvalue weighted by atomic mass is 9.92. The summed E-state index contributed by atoms with van der Waals surface area (Å²) in [7, 11) is 0. The van der Waals surface area contributed by atoms with Gasteiger partial charge in [-0.1, -0.05) is 6.92 Å². The molecule has 2 aliphatic heterocycles. The highest BCUT2D eigenvalue weighted by atomic mass is 19.1. The van der Waals surface area contributed by atoms with Gasteiger partial charge in [-0.3, -0.25) is 9.78 Å². The monoisotopic (exact) mass is 380 g/mol. The van der Waals surface area contributed by atoms with Crippen molar-refractivity contribution in [1.29, 1.82) is 5.26 Å². The predicted molar refractivity (Wildman–Crippen MR) is 106 cm³/mol. The Balaban J connectivity index is 1.52. The number of carbonyl (C=O) groups excluding carboxylic acids is 1. The first kappa shape index (κ1) is 18.7. The van der Waals surface area contributed by atoms with E-state index in [4.69, 9.17) is 0 Å². The average molecular weight is 380 g/mol. The van der Waals surface area contributed by atoms with E-state index in [-0.39, 0.29) is 17.6 Å². The van der Waals surface area contributed by atoms with Crippen molar-refractivity contribution < 1.29 is 9.18 Å². The molecule has 2 fully saturated rings. The molecule has 0 unspecified atom stereocenters. The smallest absolute Gasteiger partial charge is 0.225 e. The minimum atomic E-state index is -0.338. The summed E-state index contributed by atoms with van der Waals surface area (Å²) in [5.74, 6) is 0.684. The number of hydrogen-bond acceptors (Lipinski definition) is 4. The number of nitrogens with zero attached hydrogens (tertiary/aromatic N) is 4. The molecule has 2 aromatic rings. The first-order valence-electron chi connectivity index (χ1n) is 10.1. The molecule has 4 rings (SSSR count). The molecule has 0 aliphatic carbocycles. The molecule has 2 aliphatic rings. The van der Waals surface area contributed by atoms with Crippen LogP contribution in [0.25, 0.3) is 10.9 Å². The summed E-state index contributed by atoms with van der Waals surface area (Å²) < 4.78 is 13.8. The number of hydrogen-bond donors (Lipinski definition) is 0.